The largest absolute Gasteiger partial charge is 0.376 e. The Balaban J connectivity index is 1.54. The van der Waals surface area contributed by atoms with Crippen LogP contribution in [0.5, 0.6) is 0 Å². The van der Waals surface area contributed by atoms with Crippen LogP contribution in [-0.2, 0) is 11.3 Å². The summed E-state index contributed by atoms with van der Waals surface area (Å²) in [5, 5.41) is 8.52. The van der Waals surface area contributed by atoms with Gasteiger partial charge >= 0.3 is 6.03 Å². The second-order valence-corrected chi connectivity index (χ2v) is 6.61. The molecule has 21 heavy (non-hydrogen) atoms. The highest BCUT2D eigenvalue weighted by atomic mass is 32.1. The summed E-state index contributed by atoms with van der Waals surface area (Å²) in [4.78, 5) is 15.9. The number of nitrogens with zero attached hydrogens (tertiary/aromatic N) is 1. The second kappa shape index (κ2) is 8.34. The van der Waals surface area contributed by atoms with E-state index >= 15 is 0 Å². The minimum atomic E-state index is -0.164. The zero-order chi connectivity index (χ0) is 15.1. The number of rotatable bonds is 6. The van der Waals surface area contributed by atoms with Gasteiger partial charge in [-0.25, -0.2) is 9.78 Å². The number of nitrogens with one attached hydrogen (secondary N) is 2. The van der Waals surface area contributed by atoms with E-state index in [0.717, 1.165) is 17.1 Å². The Hall–Kier alpha value is -1.14. The van der Waals surface area contributed by atoms with Crippen LogP contribution in [0.25, 0.3) is 0 Å². The number of urea groups is 1. The van der Waals surface area contributed by atoms with Crippen molar-refractivity contribution in [3.8, 4) is 0 Å². The Morgan fingerprint density at radius 2 is 2.24 bits per heavy atom. The van der Waals surface area contributed by atoms with E-state index in [0.29, 0.717) is 31.7 Å². The number of thiazole rings is 1. The van der Waals surface area contributed by atoms with Crippen molar-refractivity contribution in [1.82, 2.24) is 15.6 Å². The lowest BCUT2D eigenvalue weighted by Crippen LogP contribution is -2.38. The van der Waals surface area contributed by atoms with Gasteiger partial charge in [-0.15, -0.1) is 11.3 Å². The van der Waals surface area contributed by atoms with E-state index in [9.17, 15) is 4.79 Å². The maximum Gasteiger partial charge on any atom is 0.315 e. The van der Waals surface area contributed by atoms with Crippen LogP contribution in [0.2, 0.25) is 0 Å². The first-order valence-electron chi connectivity index (χ1n) is 7.69. The molecule has 1 aliphatic rings. The molecule has 0 aromatic carbocycles. The maximum absolute atomic E-state index is 11.6. The van der Waals surface area contributed by atoms with Crippen molar-refractivity contribution in [3.63, 3.8) is 0 Å². The van der Waals surface area contributed by atoms with Crippen LogP contribution >= 0.6 is 11.3 Å². The molecule has 1 fully saturated rings. The lowest BCUT2D eigenvalue weighted by Gasteiger charge is -2.28. The number of hydrogen-bond acceptors (Lipinski definition) is 4. The Morgan fingerprint density at radius 1 is 1.43 bits per heavy atom. The van der Waals surface area contributed by atoms with Crippen molar-refractivity contribution in [1.29, 1.82) is 0 Å². The molecule has 2 rings (SSSR count). The standard InChI is InChI=1S/C15H25N3O2S/c1-11-5-3-4-6-13(11)20-8-7-16-15(19)17-9-14-18-12(2)10-21-14/h10-11,13H,3-9H2,1-2H3,(H2,16,17,19)/t11-,13-/m1/s1. The molecule has 5 nitrogen and oxygen atoms in total. The highest BCUT2D eigenvalue weighted by molar-refractivity contribution is 7.09. The smallest absolute Gasteiger partial charge is 0.315 e. The molecule has 2 atom stereocenters. The number of aryl methyl sites for hydroxylation is 1. The molecule has 1 aliphatic carbocycles. The summed E-state index contributed by atoms with van der Waals surface area (Å²) in [6, 6.07) is -0.164. The van der Waals surface area contributed by atoms with Crippen LogP contribution in [0, 0.1) is 12.8 Å². The lowest BCUT2D eigenvalue weighted by molar-refractivity contribution is -0.00243. The van der Waals surface area contributed by atoms with Crippen molar-refractivity contribution < 1.29 is 9.53 Å². The van der Waals surface area contributed by atoms with Gasteiger partial charge in [-0.1, -0.05) is 19.8 Å². The van der Waals surface area contributed by atoms with Gasteiger partial charge in [-0.3, -0.25) is 0 Å². The van der Waals surface area contributed by atoms with Gasteiger partial charge in [0.05, 0.1) is 19.3 Å². The first-order chi connectivity index (χ1) is 10.1. The quantitative estimate of drug-likeness (QED) is 0.794. The lowest BCUT2D eigenvalue weighted by atomic mass is 9.88. The van der Waals surface area contributed by atoms with Crippen LogP contribution in [-0.4, -0.2) is 30.3 Å². The zero-order valence-corrected chi connectivity index (χ0v) is 13.7. The van der Waals surface area contributed by atoms with Gasteiger partial charge in [0.25, 0.3) is 0 Å². The maximum atomic E-state index is 11.6. The number of aromatic nitrogens is 1. The summed E-state index contributed by atoms with van der Waals surface area (Å²) in [5.74, 6) is 0.640. The van der Waals surface area contributed by atoms with Crippen LogP contribution < -0.4 is 10.6 Å². The minimum absolute atomic E-state index is 0.164. The molecular formula is C15H25N3O2S. The van der Waals surface area contributed by atoms with E-state index in [-0.39, 0.29) is 6.03 Å². The third-order valence-corrected chi connectivity index (χ3v) is 4.79. The van der Waals surface area contributed by atoms with Gasteiger partial charge in [-0.2, -0.15) is 0 Å². The monoisotopic (exact) mass is 311 g/mol. The third kappa shape index (κ3) is 5.63. The Kier molecular flexibility index (Phi) is 6.45. The molecule has 1 aromatic heterocycles. The SMILES string of the molecule is Cc1csc(CNC(=O)NCCO[C@@H]2CCCC[C@H]2C)n1. The van der Waals surface area contributed by atoms with E-state index in [4.69, 9.17) is 4.74 Å². The van der Waals surface area contributed by atoms with Crippen molar-refractivity contribution in [2.24, 2.45) is 5.92 Å². The predicted molar refractivity (Wildman–Crippen MR) is 84.5 cm³/mol. The van der Waals surface area contributed by atoms with Crippen LogP contribution in [0.4, 0.5) is 4.79 Å². The summed E-state index contributed by atoms with van der Waals surface area (Å²) in [6.45, 7) is 5.80. The first kappa shape index (κ1) is 16.2. The molecule has 0 spiro atoms. The molecule has 6 heteroatoms. The van der Waals surface area contributed by atoms with Crippen LogP contribution in [0.3, 0.4) is 0 Å². The van der Waals surface area contributed by atoms with Gasteiger partial charge in [0, 0.05) is 17.6 Å². The molecule has 0 bridgehead atoms. The van der Waals surface area contributed by atoms with Crippen LogP contribution in [0.15, 0.2) is 5.38 Å². The van der Waals surface area contributed by atoms with Gasteiger partial charge in [-0.05, 0) is 25.7 Å². The normalized spacial score (nSPS) is 22.0. The highest BCUT2D eigenvalue weighted by Gasteiger charge is 2.21. The van der Waals surface area contributed by atoms with Gasteiger partial charge in [0.2, 0.25) is 0 Å². The van der Waals surface area contributed by atoms with Gasteiger partial charge in [0.1, 0.15) is 5.01 Å². The molecule has 1 heterocycles. The van der Waals surface area contributed by atoms with Crippen molar-refractivity contribution in [2.75, 3.05) is 13.2 Å². The number of ether oxygens (including phenoxy) is 1. The van der Waals surface area contributed by atoms with Crippen LogP contribution in [0.1, 0.15) is 43.3 Å². The molecule has 0 aliphatic heterocycles. The first-order valence-corrected chi connectivity index (χ1v) is 8.57. The van der Waals surface area contributed by atoms with E-state index in [1.54, 1.807) is 11.3 Å². The molecule has 0 saturated heterocycles. The fraction of sp³-hybridized carbons (Fsp3) is 0.733. The summed E-state index contributed by atoms with van der Waals surface area (Å²) >= 11 is 1.56. The highest BCUT2D eigenvalue weighted by Crippen LogP contribution is 2.25. The third-order valence-electron chi connectivity index (χ3n) is 3.82. The Morgan fingerprint density at radius 3 is 2.95 bits per heavy atom. The van der Waals surface area contributed by atoms with E-state index < -0.39 is 0 Å². The number of amides is 2. The molecule has 118 valence electrons. The van der Waals surface area contributed by atoms with Crippen molar-refractivity contribution in [2.45, 2.75) is 52.2 Å². The fourth-order valence-corrected chi connectivity index (χ4v) is 3.32. The van der Waals surface area contributed by atoms with E-state index in [2.05, 4.69) is 22.5 Å². The topological polar surface area (TPSA) is 63.2 Å². The molecule has 0 unspecified atom stereocenters. The summed E-state index contributed by atoms with van der Waals surface area (Å²) < 4.78 is 5.86. The molecule has 1 saturated carbocycles. The number of carbonyl (C=O) groups is 1. The molecule has 2 N–H and O–H groups in total. The average Bonchev–Trinajstić information content (AvgIpc) is 2.89. The zero-order valence-electron chi connectivity index (χ0n) is 12.9. The summed E-state index contributed by atoms with van der Waals surface area (Å²) in [6.07, 6.45) is 5.35. The number of carbonyl (C=O) groups excluding carboxylic acids is 1. The van der Waals surface area contributed by atoms with Gasteiger partial charge in [0.15, 0.2) is 0 Å². The molecule has 1 aromatic rings. The minimum Gasteiger partial charge on any atom is -0.376 e. The van der Waals surface area contributed by atoms with E-state index in [1.807, 2.05) is 12.3 Å². The molecule has 0 radical (unpaired) electrons. The van der Waals surface area contributed by atoms with Crippen molar-refractivity contribution in [3.05, 3.63) is 16.1 Å². The second-order valence-electron chi connectivity index (χ2n) is 5.66. The van der Waals surface area contributed by atoms with Crippen molar-refractivity contribution >= 4 is 17.4 Å². The fourth-order valence-electron chi connectivity index (χ4n) is 2.61. The average molecular weight is 311 g/mol. The van der Waals surface area contributed by atoms with E-state index in [1.165, 1.54) is 19.3 Å². The summed E-state index contributed by atoms with van der Waals surface area (Å²) in [7, 11) is 0. The predicted octanol–water partition coefficient (Wildman–Crippen LogP) is 2.85. The van der Waals surface area contributed by atoms with Gasteiger partial charge < -0.3 is 15.4 Å². The summed E-state index contributed by atoms with van der Waals surface area (Å²) in [5.41, 5.74) is 0.993. The molecular weight excluding hydrogens is 286 g/mol. The number of hydrogen-bond donors (Lipinski definition) is 2. The Bertz CT molecular complexity index is 450. The molecule has 2 amide bonds. The Labute approximate surface area is 130 Å².